The van der Waals surface area contributed by atoms with Crippen molar-refractivity contribution in [3.8, 4) is 28.3 Å². The smallest absolute Gasteiger partial charge is 0.354 e. The molecule has 9 nitrogen and oxygen atoms in total. The van der Waals surface area contributed by atoms with Crippen LogP contribution >= 0.6 is 0 Å². The summed E-state index contributed by atoms with van der Waals surface area (Å²) < 4.78 is 39.1. The van der Waals surface area contributed by atoms with Gasteiger partial charge in [-0.3, -0.25) is 14.3 Å². The molecule has 0 saturated carbocycles. The molecular formula is C31H29F2N5O4. The number of halogens is 2. The molecular weight excluding hydrogens is 544 g/mol. The number of carbonyl (C=O) groups excluding carboxylic acids is 1. The maximum absolute atomic E-state index is 16.5. The van der Waals surface area contributed by atoms with Gasteiger partial charge in [-0.15, -0.1) is 0 Å². The minimum absolute atomic E-state index is 0.0344. The molecule has 4 heterocycles. The Labute approximate surface area is 240 Å². The monoisotopic (exact) mass is 573 g/mol. The van der Waals surface area contributed by atoms with E-state index in [4.69, 9.17) is 4.74 Å². The summed E-state index contributed by atoms with van der Waals surface area (Å²) in [6.07, 6.45) is 2.89. The standard InChI is InChI=1S/C31H29F2N5O4/c1-5-23(40)36-11-12-37-18(14-36)15-42-29-25-21(13-19(26(29)33)24-20(32)7-6-8-22(24)39)38(31(41)35-30(25)37)28-17(4)9-10-34-27(28)16(2)3/h5-10,13,16,18,39H,1,11-12,14-15H2,2-4H3. The number of carbonyl (C=O) groups is 1. The summed E-state index contributed by atoms with van der Waals surface area (Å²) in [5.41, 5.74) is 0.807. The quantitative estimate of drug-likeness (QED) is 0.360. The largest absolute Gasteiger partial charge is 0.507 e. The molecule has 2 aromatic heterocycles. The summed E-state index contributed by atoms with van der Waals surface area (Å²) in [5.74, 6) is -2.54. The van der Waals surface area contributed by atoms with E-state index >= 15 is 8.78 Å². The van der Waals surface area contributed by atoms with E-state index in [9.17, 15) is 14.7 Å². The van der Waals surface area contributed by atoms with Gasteiger partial charge in [-0.25, -0.2) is 13.6 Å². The van der Waals surface area contributed by atoms with E-state index in [2.05, 4.69) is 16.5 Å². The Hall–Kier alpha value is -4.80. The van der Waals surface area contributed by atoms with Crippen molar-refractivity contribution in [2.24, 2.45) is 0 Å². The number of amides is 1. The molecule has 1 N–H and O–H groups in total. The molecule has 1 atom stereocenters. The highest BCUT2D eigenvalue weighted by Crippen LogP contribution is 2.45. The second-order valence-electron chi connectivity index (χ2n) is 10.8. The van der Waals surface area contributed by atoms with E-state index in [1.54, 1.807) is 17.2 Å². The highest BCUT2D eigenvalue weighted by molar-refractivity contribution is 6.00. The number of hydrogen-bond acceptors (Lipinski definition) is 7. The van der Waals surface area contributed by atoms with Gasteiger partial charge in [0.05, 0.1) is 33.9 Å². The second-order valence-corrected chi connectivity index (χ2v) is 10.8. The number of piperazine rings is 1. The van der Waals surface area contributed by atoms with Crippen LogP contribution in [0.1, 0.15) is 31.0 Å². The van der Waals surface area contributed by atoms with Crippen LogP contribution in [0.5, 0.6) is 11.5 Å². The molecule has 1 saturated heterocycles. The van der Waals surface area contributed by atoms with Crippen LogP contribution < -0.4 is 15.3 Å². The van der Waals surface area contributed by atoms with Gasteiger partial charge in [-0.1, -0.05) is 26.5 Å². The molecule has 2 aliphatic heterocycles. The number of anilines is 1. The van der Waals surface area contributed by atoms with Gasteiger partial charge in [0, 0.05) is 31.4 Å². The number of aromatic hydroxyl groups is 1. The van der Waals surface area contributed by atoms with Gasteiger partial charge in [0.2, 0.25) is 5.91 Å². The van der Waals surface area contributed by atoms with Crippen molar-refractivity contribution in [1.29, 1.82) is 0 Å². The molecule has 1 amide bonds. The Morgan fingerprint density at radius 2 is 2.02 bits per heavy atom. The summed E-state index contributed by atoms with van der Waals surface area (Å²) in [6.45, 7) is 10.2. The lowest BCUT2D eigenvalue weighted by Crippen LogP contribution is -2.56. The number of pyridine rings is 1. The number of fused-ring (bicyclic) bond motifs is 2. The summed E-state index contributed by atoms with van der Waals surface area (Å²) in [4.78, 5) is 38.9. The maximum Gasteiger partial charge on any atom is 0.354 e. The molecule has 0 bridgehead atoms. The van der Waals surface area contributed by atoms with Crippen LogP contribution in [0.2, 0.25) is 0 Å². The maximum atomic E-state index is 16.5. The molecule has 1 fully saturated rings. The van der Waals surface area contributed by atoms with Gasteiger partial charge in [0.1, 0.15) is 24.0 Å². The first-order chi connectivity index (χ1) is 20.1. The lowest BCUT2D eigenvalue weighted by atomic mass is 9.99. The lowest BCUT2D eigenvalue weighted by molar-refractivity contribution is -0.126. The minimum Gasteiger partial charge on any atom is -0.507 e. The van der Waals surface area contributed by atoms with Crippen molar-refractivity contribution in [1.82, 2.24) is 19.4 Å². The zero-order chi connectivity index (χ0) is 29.9. The highest BCUT2D eigenvalue weighted by atomic mass is 19.1. The highest BCUT2D eigenvalue weighted by Gasteiger charge is 2.37. The van der Waals surface area contributed by atoms with Crippen LogP contribution in [0.3, 0.4) is 0 Å². The van der Waals surface area contributed by atoms with E-state index in [0.717, 1.165) is 11.6 Å². The molecule has 1 unspecified atom stereocenters. The molecule has 42 heavy (non-hydrogen) atoms. The Kier molecular flexibility index (Phi) is 6.67. The molecule has 0 radical (unpaired) electrons. The van der Waals surface area contributed by atoms with E-state index in [1.807, 2.05) is 25.7 Å². The summed E-state index contributed by atoms with van der Waals surface area (Å²) >= 11 is 0. The zero-order valence-electron chi connectivity index (χ0n) is 23.4. The first-order valence-electron chi connectivity index (χ1n) is 13.7. The van der Waals surface area contributed by atoms with Gasteiger partial charge in [-0.05, 0) is 48.7 Å². The number of benzene rings is 2. The van der Waals surface area contributed by atoms with Crippen LogP contribution in [0.25, 0.3) is 27.7 Å². The third-order valence-electron chi connectivity index (χ3n) is 7.90. The Morgan fingerprint density at radius 3 is 2.74 bits per heavy atom. The van der Waals surface area contributed by atoms with Gasteiger partial charge in [0.15, 0.2) is 11.6 Å². The fourth-order valence-corrected chi connectivity index (χ4v) is 5.90. The van der Waals surface area contributed by atoms with E-state index in [1.165, 1.54) is 28.8 Å². The summed E-state index contributed by atoms with van der Waals surface area (Å²) in [5, 5.41) is 10.8. The van der Waals surface area contributed by atoms with Crippen molar-refractivity contribution in [3.05, 3.63) is 82.6 Å². The topological polar surface area (TPSA) is 101 Å². The van der Waals surface area contributed by atoms with Gasteiger partial charge < -0.3 is 19.6 Å². The Bertz CT molecular complexity index is 1820. The van der Waals surface area contributed by atoms with Crippen LogP contribution in [0, 0.1) is 18.6 Å². The predicted molar refractivity (Wildman–Crippen MR) is 154 cm³/mol. The summed E-state index contributed by atoms with van der Waals surface area (Å²) in [6, 6.07) is 6.38. The van der Waals surface area contributed by atoms with Crippen LogP contribution in [-0.4, -0.2) is 62.7 Å². The number of aromatic nitrogens is 3. The number of phenols is 1. The lowest BCUT2D eigenvalue weighted by Gasteiger charge is -2.40. The zero-order valence-corrected chi connectivity index (χ0v) is 23.4. The second kappa shape index (κ2) is 10.2. The fourth-order valence-electron chi connectivity index (χ4n) is 5.90. The third kappa shape index (κ3) is 4.18. The van der Waals surface area contributed by atoms with Crippen LogP contribution in [0.15, 0.2) is 54.0 Å². The molecule has 11 heteroatoms. The number of nitrogens with zero attached hydrogens (tertiary/aromatic N) is 5. The van der Waals surface area contributed by atoms with Gasteiger partial charge in [0.25, 0.3) is 0 Å². The molecule has 0 spiro atoms. The van der Waals surface area contributed by atoms with Crippen LogP contribution in [0.4, 0.5) is 14.6 Å². The molecule has 2 aromatic carbocycles. The van der Waals surface area contributed by atoms with E-state index < -0.39 is 29.1 Å². The summed E-state index contributed by atoms with van der Waals surface area (Å²) in [7, 11) is 0. The number of phenolic OH excluding ortho intramolecular Hbond substituents is 1. The van der Waals surface area contributed by atoms with Gasteiger partial charge >= 0.3 is 5.69 Å². The minimum atomic E-state index is -0.901. The molecule has 6 rings (SSSR count). The van der Waals surface area contributed by atoms with Gasteiger partial charge in [-0.2, -0.15) is 4.98 Å². The van der Waals surface area contributed by atoms with E-state index in [-0.39, 0.29) is 58.6 Å². The fraction of sp³-hybridized carbons (Fsp3) is 0.290. The molecule has 4 aromatic rings. The number of rotatable bonds is 4. The van der Waals surface area contributed by atoms with Crippen molar-refractivity contribution < 1.29 is 23.4 Å². The van der Waals surface area contributed by atoms with Crippen molar-refractivity contribution in [2.45, 2.75) is 32.7 Å². The normalized spacial score (nSPS) is 16.3. The molecule has 216 valence electrons. The van der Waals surface area contributed by atoms with Crippen molar-refractivity contribution in [2.75, 3.05) is 31.1 Å². The first-order valence-corrected chi connectivity index (χ1v) is 13.7. The van der Waals surface area contributed by atoms with Crippen molar-refractivity contribution >= 4 is 22.6 Å². The molecule has 0 aliphatic carbocycles. The third-order valence-corrected chi connectivity index (χ3v) is 7.90. The van der Waals surface area contributed by atoms with Crippen molar-refractivity contribution in [3.63, 3.8) is 0 Å². The average molecular weight is 574 g/mol. The molecule has 2 aliphatic rings. The number of aryl methyl sites for hydroxylation is 1. The number of hydrogen-bond donors (Lipinski definition) is 1. The average Bonchev–Trinajstić information content (AvgIpc) is 3.12. The predicted octanol–water partition coefficient (Wildman–Crippen LogP) is 4.46. The first kappa shape index (κ1) is 27.4. The Balaban J connectivity index is 1.71. The van der Waals surface area contributed by atoms with Crippen LogP contribution in [-0.2, 0) is 4.79 Å². The van der Waals surface area contributed by atoms with E-state index in [0.29, 0.717) is 24.5 Å². The SMILES string of the molecule is C=CC(=O)N1CCN2c3nc(=O)n(-c4c(C)ccnc4C(C)C)c4cc(-c5c(O)cccc5F)c(F)c(c34)OCC2C1. The Morgan fingerprint density at radius 1 is 1.24 bits per heavy atom. The number of ether oxygens (including phenoxy) is 1.